The third-order valence-corrected chi connectivity index (χ3v) is 2.27. The molecule has 6 heteroatoms. The second kappa shape index (κ2) is 5.76. The molecule has 0 saturated carbocycles. The highest BCUT2D eigenvalue weighted by Gasteiger charge is 1.88. The standard InChI is InChI=1S/C6H5BrIN3S/c7-5-1-2-6(9-3-5)4-10-11-12-8/h1-4,11H/b10-4-. The number of nitrogens with one attached hydrogen (secondary N) is 1. The molecule has 64 valence electrons. The van der Waals surface area contributed by atoms with Gasteiger partial charge < -0.3 is 0 Å². The van der Waals surface area contributed by atoms with Crippen molar-refractivity contribution in [3.63, 3.8) is 0 Å². The van der Waals surface area contributed by atoms with Crippen LogP contribution in [0.2, 0.25) is 0 Å². The van der Waals surface area contributed by atoms with Gasteiger partial charge in [0.15, 0.2) is 0 Å². The van der Waals surface area contributed by atoms with Crippen LogP contribution in [-0.2, 0) is 0 Å². The molecule has 0 aliphatic rings. The molecule has 0 bridgehead atoms. The van der Waals surface area contributed by atoms with Gasteiger partial charge in [-0.1, -0.05) is 0 Å². The van der Waals surface area contributed by atoms with Gasteiger partial charge in [-0.25, -0.2) is 4.83 Å². The highest BCUT2D eigenvalue weighted by Crippen LogP contribution is 2.06. The van der Waals surface area contributed by atoms with Crippen molar-refractivity contribution in [2.45, 2.75) is 0 Å². The molecule has 0 fully saturated rings. The summed E-state index contributed by atoms with van der Waals surface area (Å²) in [4.78, 5) is 6.83. The number of hydrazone groups is 1. The first-order chi connectivity index (χ1) is 5.83. The van der Waals surface area contributed by atoms with E-state index in [1.54, 1.807) is 12.4 Å². The molecule has 0 aliphatic carbocycles. The first kappa shape index (κ1) is 10.3. The Morgan fingerprint density at radius 3 is 3.08 bits per heavy atom. The third-order valence-electron chi connectivity index (χ3n) is 1.03. The Morgan fingerprint density at radius 1 is 1.67 bits per heavy atom. The van der Waals surface area contributed by atoms with E-state index in [2.05, 4.69) is 52.1 Å². The average molecular weight is 358 g/mol. The van der Waals surface area contributed by atoms with Crippen molar-refractivity contribution in [1.82, 2.24) is 9.82 Å². The van der Waals surface area contributed by atoms with Crippen LogP contribution in [0.25, 0.3) is 0 Å². The Balaban J connectivity index is 2.58. The molecule has 0 radical (unpaired) electrons. The summed E-state index contributed by atoms with van der Waals surface area (Å²) in [6, 6.07) is 3.80. The largest absolute Gasteiger partial charge is 0.254 e. The van der Waals surface area contributed by atoms with Crippen LogP contribution in [0.4, 0.5) is 0 Å². The maximum Gasteiger partial charge on any atom is 0.0831 e. The fraction of sp³-hybridized carbons (Fsp3) is 0. The summed E-state index contributed by atoms with van der Waals surface area (Å²) in [6.07, 6.45) is 3.40. The van der Waals surface area contributed by atoms with E-state index < -0.39 is 0 Å². The molecule has 0 aromatic carbocycles. The Labute approximate surface area is 95.3 Å². The van der Waals surface area contributed by atoms with Crippen LogP contribution in [0.3, 0.4) is 0 Å². The number of halogens is 2. The summed E-state index contributed by atoms with van der Waals surface area (Å²) in [5.41, 5.74) is 0.830. The van der Waals surface area contributed by atoms with Gasteiger partial charge in [-0.05, 0) is 28.1 Å². The molecule has 1 aromatic heterocycles. The molecule has 1 aromatic rings. The Morgan fingerprint density at radius 2 is 2.50 bits per heavy atom. The summed E-state index contributed by atoms with van der Waals surface area (Å²) in [6.45, 7) is 0. The van der Waals surface area contributed by atoms with Crippen LogP contribution in [0.1, 0.15) is 5.69 Å². The number of nitrogens with zero attached hydrogens (tertiary/aromatic N) is 2. The van der Waals surface area contributed by atoms with Gasteiger partial charge in [-0.3, -0.25) is 4.98 Å². The van der Waals surface area contributed by atoms with Crippen LogP contribution >= 0.6 is 46.3 Å². The molecule has 3 nitrogen and oxygen atoms in total. The zero-order chi connectivity index (χ0) is 8.81. The lowest BCUT2D eigenvalue weighted by Crippen LogP contribution is -1.91. The van der Waals surface area contributed by atoms with Crippen molar-refractivity contribution < 1.29 is 0 Å². The van der Waals surface area contributed by atoms with Crippen molar-refractivity contribution in [3.05, 3.63) is 28.5 Å². The monoisotopic (exact) mass is 357 g/mol. The van der Waals surface area contributed by atoms with Gasteiger partial charge in [-0.15, -0.1) is 0 Å². The zero-order valence-corrected chi connectivity index (χ0v) is 10.4. The van der Waals surface area contributed by atoms with Gasteiger partial charge >= 0.3 is 0 Å². The smallest absolute Gasteiger partial charge is 0.0831 e. The Hall–Kier alpha value is 0.180. The molecule has 12 heavy (non-hydrogen) atoms. The van der Waals surface area contributed by atoms with Crippen molar-refractivity contribution in [2.75, 3.05) is 0 Å². The van der Waals surface area contributed by atoms with Gasteiger partial charge in [0, 0.05) is 41.0 Å². The minimum Gasteiger partial charge on any atom is -0.254 e. The average Bonchev–Trinajstić information content (AvgIpc) is 2.09. The topological polar surface area (TPSA) is 37.3 Å². The minimum atomic E-state index is 0.830. The number of hydrogen-bond donors (Lipinski definition) is 1. The highest BCUT2D eigenvalue weighted by molar-refractivity contribution is 14.2. The summed E-state index contributed by atoms with van der Waals surface area (Å²) >= 11 is 5.40. The quantitative estimate of drug-likeness (QED) is 0.391. The number of pyridine rings is 1. The second-order valence-electron chi connectivity index (χ2n) is 1.83. The van der Waals surface area contributed by atoms with E-state index in [9.17, 15) is 0 Å². The van der Waals surface area contributed by atoms with Gasteiger partial charge in [0.05, 0.1) is 11.9 Å². The molecule has 0 spiro atoms. The first-order valence-electron chi connectivity index (χ1n) is 3.00. The van der Waals surface area contributed by atoms with Crippen LogP contribution in [-0.4, -0.2) is 11.2 Å². The maximum absolute atomic E-state index is 4.10. The van der Waals surface area contributed by atoms with E-state index >= 15 is 0 Å². The minimum absolute atomic E-state index is 0.830. The Bertz CT molecular complexity index is 264. The van der Waals surface area contributed by atoms with Crippen molar-refractivity contribution in [1.29, 1.82) is 0 Å². The summed E-state index contributed by atoms with van der Waals surface area (Å²) in [5, 5.41) is 3.89. The van der Waals surface area contributed by atoms with E-state index in [0.29, 0.717) is 0 Å². The van der Waals surface area contributed by atoms with Crippen molar-refractivity contribution in [3.8, 4) is 0 Å². The lowest BCUT2D eigenvalue weighted by molar-refractivity contribution is 1.13. The van der Waals surface area contributed by atoms with Gasteiger partial charge in [0.1, 0.15) is 0 Å². The fourth-order valence-corrected chi connectivity index (χ4v) is 1.24. The molecule has 0 aliphatic heterocycles. The molecule has 1 N–H and O–H groups in total. The molecular weight excluding hydrogens is 353 g/mol. The number of aromatic nitrogens is 1. The normalized spacial score (nSPS) is 10.5. The van der Waals surface area contributed by atoms with Crippen LogP contribution < -0.4 is 4.83 Å². The summed E-state index contributed by atoms with van der Waals surface area (Å²) in [7, 11) is 1.41. The SMILES string of the molecule is Brc1ccc(/C=N\NSI)nc1. The lowest BCUT2D eigenvalue weighted by atomic mass is 10.4. The fourth-order valence-electron chi connectivity index (χ4n) is 0.576. The van der Waals surface area contributed by atoms with Crippen LogP contribution in [0, 0.1) is 0 Å². The van der Waals surface area contributed by atoms with E-state index in [0.717, 1.165) is 10.2 Å². The van der Waals surface area contributed by atoms with Crippen molar-refractivity contribution >= 4 is 52.5 Å². The zero-order valence-electron chi connectivity index (χ0n) is 5.87. The van der Waals surface area contributed by atoms with E-state index in [1.807, 2.05) is 12.1 Å². The first-order valence-corrected chi connectivity index (χ1v) is 7.15. The molecule has 1 heterocycles. The number of hydrogen-bond acceptors (Lipinski definition) is 4. The molecule has 0 unspecified atom stereocenters. The predicted octanol–water partition coefficient (Wildman–Crippen LogP) is 2.77. The van der Waals surface area contributed by atoms with E-state index in [4.69, 9.17) is 0 Å². The van der Waals surface area contributed by atoms with Gasteiger partial charge in [0.2, 0.25) is 0 Å². The highest BCUT2D eigenvalue weighted by atomic mass is 127. The number of rotatable bonds is 3. The summed E-state index contributed by atoms with van der Waals surface area (Å²) < 4.78 is 0.968. The lowest BCUT2D eigenvalue weighted by Gasteiger charge is -1.92. The van der Waals surface area contributed by atoms with Gasteiger partial charge in [-0.2, -0.15) is 5.10 Å². The Kier molecular flexibility index (Phi) is 4.93. The van der Waals surface area contributed by atoms with Crippen LogP contribution in [0.5, 0.6) is 0 Å². The maximum atomic E-state index is 4.10. The predicted molar refractivity (Wildman–Crippen MR) is 64.3 cm³/mol. The molecule has 0 amide bonds. The van der Waals surface area contributed by atoms with Gasteiger partial charge in [0.25, 0.3) is 0 Å². The molecular formula is C6H5BrIN3S. The van der Waals surface area contributed by atoms with Crippen molar-refractivity contribution in [2.24, 2.45) is 5.10 Å². The second-order valence-corrected chi connectivity index (χ2v) is 4.40. The summed E-state index contributed by atoms with van der Waals surface area (Å²) in [5.74, 6) is 0. The van der Waals surface area contributed by atoms with Crippen LogP contribution in [0.15, 0.2) is 27.9 Å². The van der Waals surface area contributed by atoms with E-state index in [1.165, 1.54) is 9.12 Å². The molecule has 0 saturated heterocycles. The third kappa shape index (κ3) is 3.72. The van der Waals surface area contributed by atoms with E-state index in [-0.39, 0.29) is 0 Å². The molecule has 0 atom stereocenters. The molecule has 1 rings (SSSR count).